The molecule has 17 heavy (non-hydrogen) atoms. The molecule has 0 aliphatic rings. The monoisotopic (exact) mass is 256 g/mol. The van der Waals surface area contributed by atoms with Gasteiger partial charge >= 0.3 is 6.18 Å². The number of amides is 1. The van der Waals surface area contributed by atoms with Gasteiger partial charge in [-0.2, -0.15) is 13.2 Å². The summed E-state index contributed by atoms with van der Waals surface area (Å²) in [6.07, 6.45) is -4.82. The minimum Gasteiger partial charge on any atom is -0.389 e. The first kappa shape index (κ1) is 16.2. The Morgan fingerprint density at radius 1 is 1.29 bits per heavy atom. The van der Waals surface area contributed by atoms with Crippen molar-refractivity contribution in [1.82, 2.24) is 4.90 Å². The molecule has 0 aliphatic heterocycles. The van der Waals surface area contributed by atoms with Crippen molar-refractivity contribution >= 4 is 5.91 Å². The fraction of sp³-hybridized carbons (Fsp3) is 0.900. The maximum Gasteiger partial charge on any atom is 0.415 e. The lowest BCUT2D eigenvalue weighted by Gasteiger charge is -2.35. The lowest BCUT2D eigenvalue weighted by atomic mass is 10.00. The van der Waals surface area contributed by atoms with Crippen molar-refractivity contribution in [3.05, 3.63) is 0 Å². The van der Waals surface area contributed by atoms with E-state index in [0.717, 1.165) is 4.90 Å². The molecule has 1 amide bonds. The number of aliphatic hydroxyl groups is 1. The van der Waals surface area contributed by atoms with Crippen LogP contribution >= 0.6 is 0 Å². The van der Waals surface area contributed by atoms with Crippen LogP contribution in [0.3, 0.4) is 0 Å². The van der Waals surface area contributed by atoms with Gasteiger partial charge in [0.25, 0.3) is 5.91 Å². The summed E-state index contributed by atoms with van der Waals surface area (Å²) in [6, 6.07) is 0. The van der Waals surface area contributed by atoms with Crippen LogP contribution < -0.4 is 5.73 Å². The van der Waals surface area contributed by atoms with Gasteiger partial charge in [0.2, 0.25) is 0 Å². The molecule has 0 aromatic carbocycles. The number of carbonyl (C=O) groups excluding carboxylic acids is 1. The van der Waals surface area contributed by atoms with Crippen molar-refractivity contribution in [3.63, 3.8) is 0 Å². The zero-order valence-electron chi connectivity index (χ0n) is 10.4. The summed E-state index contributed by atoms with van der Waals surface area (Å²) in [4.78, 5) is 12.6. The van der Waals surface area contributed by atoms with Crippen molar-refractivity contribution in [1.29, 1.82) is 0 Å². The van der Waals surface area contributed by atoms with Crippen LogP contribution in [0.15, 0.2) is 0 Å². The van der Waals surface area contributed by atoms with Crippen LogP contribution in [-0.4, -0.2) is 46.3 Å². The molecule has 0 bridgehead atoms. The number of nitrogens with zero attached hydrogens (tertiary/aromatic N) is 1. The molecule has 0 fully saturated rings. The normalized spacial score (nSPS) is 16.5. The van der Waals surface area contributed by atoms with Crippen LogP contribution in [0.2, 0.25) is 0 Å². The topological polar surface area (TPSA) is 66.6 Å². The van der Waals surface area contributed by atoms with E-state index in [4.69, 9.17) is 5.73 Å². The maximum absolute atomic E-state index is 12.6. The molecule has 0 saturated heterocycles. The molecule has 0 saturated carbocycles. The number of nitrogens with two attached hydrogens (primary N) is 1. The van der Waals surface area contributed by atoms with Gasteiger partial charge in [-0.3, -0.25) is 4.79 Å². The third-order valence-electron chi connectivity index (χ3n) is 2.28. The van der Waals surface area contributed by atoms with Gasteiger partial charge in [0.15, 0.2) is 5.54 Å². The SMILES string of the molecule is CCN(CC(C)(C)O)C(=O)C(C)(N)C(F)(F)F. The van der Waals surface area contributed by atoms with Crippen LogP contribution in [0, 0.1) is 0 Å². The number of carbonyl (C=O) groups is 1. The van der Waals surface area contributed by atoms with Crippen molar-refractivity contribution in [2.45, 2.75) is 45.0 Å². The molecule has 4 nitrogen and oxygen atoms in total. The highest BCUT2D eigenvalue weighted by Gasteiger charge is 2.55. The number of likely N-dealkylation sites (N-methyl/N-ethyl adjacent to an activating group) is 1. The average molecular weight is 256 g/mol. The van der Waals surface area contributed by atoms with E-state index in [0.29, 0.717) is 6.92 Å². The first-order chi connectivity index (χ1) is 7.33. The van der Waals surface area contributed by atoms with Gasteiger partial charge < -0.3 is 15.7 Å². The Balaban J connectivity index is 5.01. The summed E-state index contributed by atoms with van der Waals surface area (Å²) in [6.45, 7) is 4.81. The van der Waals surface area contributed by atoms with Crippen molar-refractivity contribution in [2.24, 2.45) is 5.73 Å². The fourth-order valence-electron chi connectivity index (χ4n) is 1.24. The summed E-state index contributed by atoms with van der Waals surface area (Å²) < 4.78 is 37.7. The van der Waals surface area contributed by atoms with Crippen LogP contribution in [0.5, 0.6) is 0 Å². The van der Waals surface area contributed by atoms with Gasteiger partial charge in [0.1, 0.15) is 0 Å². The maximum atomic E-state index is 12.6. The van der Waals surface area contributed by atoms with E-state index in [9.17, 15) is 23.1 Å². The molecule has 0 spiro atoms. The summed E-state index contributed by atoms with van der Waals surface area (Å²) in [7, 11) is 0. The molecule has 1 unspecified atom stereocenters. The quantitative estimate of drug-likeness (QED) is 0.785. The van der Waals surface area contributed by atoms with Crippen LogP contribution in [-0.2, 0) is 4.79 Å². The van der Waals surface area contributed by atoms with Gasteiger partial charge in [-0.15, -0.1) is 0 Å². The second-order valence-corrected chi connectivity index (χ2v) is 4.83. The Labute approximate surface area is 98.6 Å². The van der Waals surface area contributed by atoms with E-state index in [1.165, 1.54) is 20.8 Å². The fourth-order valence-corrected chi connectivity index (χ4v) is 1.24. The smallest absolute Gasteiger partial charge is 0.389 e. The zero-order chi connectivity index (χ0) is 14.1. The molecule has 0 aromatic rings. The van der Waals surface area contributed by atoms with Crippen molar-refractivity contribution in [2.75, 3.05) is 13.1 Å². The molecule has 0 heterocycles. The molecule has 7 heteroatoms. The standard InChI is InChI=1S/C10H19F3N2O2/c1-5-15(6-8(2,3)17)7(16)9(4,14)10(11,12)13/h17H,5-6,14H2,1-4H3. The second kappa shape index (κ2) is 4.81. The lowest BCUT2D eigenvalue weighted by Crippen LogP contribution is -2.63. The number of hydrogen-bond acceptors (Lipinski definition) is 3. The Hall–Kier alpha value is -0.820. The lowest BCUT2D eigenvalue weighted by molar-refractivity contribution is -0.194. The average Bonchev–Trinajstić information content (AvgIpc) is 2.09. The first-order valence-corrected chi connectivity index (χ1v) is 5.20. The highest BCUT2D eigenvalue weighted by Crippen LogP contribution is 2.29. The molecular formula is C10H19F3N2O2. The highest BCUT2D eigenvalue weighted by atomic mass is 19.4. The largest absolute Gasteiger partial charge is 0.415 e. The zero-order valence-corrected chi connectivity index (χ0v) is 10.4. The van der Waals surface area contributed by atoms with Gasteiger partial charge in [-0.05, 0) is 27.7 Å². The molecule has 1 atom stereocenters. The van der Waals surface area contributed by atoms with E-state index < -0.39 is 23.2 Å². The summed E-state index contributed by atoms with van der Waals surface area (Å²) in [5.41, 5.74) is 0.828. The minimum absolute atomic E-state index is 0.0473. The predicted molar refractivity (Wildman–Crippen MR) is 57.2 cm³/mol. The number of rotatable bonds is 4. The Kier molecular flexibility index (Phi) is 4.58. The number of alkyl halides is 3. The van der Waals surface area contributed by atoms with E-state index in [1.54, 1.807) is 0 Å². The number of halogens is 3. The minimum atomic E-state index is -4.82. The Morgan fingerprint density at radius 3 is 1.94 bits per heavy atom. The molecule has 0 radical (unpaired) electrons. The molecular weight excluding hydrogens is 237 g/mol. The van der Waals surface area contributed by atoms with Crippen molar-refractivity contribution in [3.8, 4) is 0 Å². The summed E-state index contributed by atoms with van der Waals surface area (Å²) >= 11 is 0. The van der Waals surface area contributed by atoms with Crippen LogP contribution in [0.1, 0.15) is 27.7 Å². The molecule has 3 N–H and O–H groups in total. The third-order valence-corrected chi connectivity index (χ3v) is 2.28. The van der Waals surface area contributed by atoms with E-state index in [-0.39, 0.29) is 13.1 Å². The predicted octanol–water partition coefficient (Wildman–Crippen LogP) is 0.885. The van der Waals surface area contributed by atoms with Gasteiger partial charge in [0.05, 0.1) is 5.60 Å². The van der Waals surface area contributed by atoms with Gasteiger partial charge in [-0.1, -0.05) is 0 Å². The van der Waals surface area contributed by atoms with E-state index in [2.05, 4.69) is 0 Å². The van der Waals surface area contributed by atoms with Crippen LogP contribution in [0.4, 0.5) is 13.2 Å². The second-order valence-electron chi connectivity index (χ2n) is 4.83. The first-order valence-electron chi connectivity index (χ1n) is 5.20. The Morgan fingerprint density at radius 2 is 1.71 bits per heavy atom. The van der Waals surface area contributed by atoms with Gasteiger partial charge in [0, 0.05) is 13.1 Å². The van der Waals surface area contributed by atoms with E-state index >= 15 is 0 Å². The summed E-state index contributed by atoms with van der Waals surface area (Å²) in [5.74, 6) is -1.24. The van der Waals surface area contributed by atoms with E-state index in [1.807, 2.05) is 0 Å². The molecule has 0 aromatic heterocycles. The molecule has 0 rings (SSSR count). The number of hydrogen-bond donors (Lipinski definition) is 2. The summed E-state index contributed by atoms with van der Waals surface area (Å²) in [5, 5.41) is 9.52. The highest BCUT2D eigenvalue weighted by molar-refractivity contribution is 5.86. The van der Waals surface area contributed by atoms with Crippen molar-refractivity contribution < 1.29 is 23.1 Å². The Bertz CT molecular complexity index is 282. The third kappa shape index (κ3) is 4.16. The van der Waals surface area contributed by atoms with Gasteiger partial charge in [-0.25, -0.2) is 0 Å². The molecule has 0 aliphatic carbocycles. The molecule has 102 valence electrons. The van der Waals surface area contributed by atoms with Crippen LogP contribution in [0.25, 0.3) is 0 Å².